The number of aliphatic carboxylic acids is 1. The molecule has 2 unspecified atom stereocenters. The van der Waals surface area contributed by atoms with Crippen LogP contribution in [-0.4, -0.2) is 97.7 Å². The number of ether oxygens (including phenoxy) is 4. The van der Waals surface area contributed by atoms with Crippen molar-refractivity contribution in [1.82, 2.24) is 15.3 Å². The van der Waals surface area contributed by atoms with E-state index in [1.807, 2.05) is 6.92 Å². The second-order valence-corrected chi connectivity index (χ2v) is 16.3. The topological polar surface area (TPSA) is 276 Å². The van der Waals surface area contributed by atoms with Gasteiger partial charge in [0.05, 0.1) is 48.4 Å². The number of carboxylic acids is 1. The van der Waals surface area contributed by atoms with Crippen LogP contribution in [0.25, 0.3) is 0 Å². The van der Waals surface area contributed by atoms with Crippen molar-refractivity contribution in [2.24, 2.45) is 5.73 Å². The Morgan fingerprint density at radius 1 is 0.707 bits per heavy atom. The second kappa shape index (κ2) is 30.9. The molecule has 0 saturated carbocycles. The maximum atomic E-state index is 14.4. The zero-order chi connectivity index (χ0) is 56.5. The molecular formula is C52H60F4N6O13. The number of nitrogens with two attached hydrogens (primary N) is 1. The standard InChI is InChI=1S/C26H29F2N3O6.C14H19N3O4.C12H12F2O3/c1-5-7-11-18(4)37-25-17(3)14-20(31(34)35)22(30-25)21(32)15-29-24(33)23(26(27,28)6-2)36-16-19-12-9-8-10-13-19;1-4-5-6-10(3)21-14-9(2)7-11(17(19)20)13(16-14)12(18)8-15;1-2-12(13,14)10(11(15)16)17-8-9-6-4-3-5-7-9/h5-6,8-10,12-14,18,23H,1-2,7,11,15-16H2,3-4H3,(H,29,33);4,7,10H,1,5-6,8,15H2,2-3H3;2-7,10H,1,8H2,(H,15,16)/t18-,23?;10-;/m11./s1. The first-order valence-corrected chi connectivity index (χ1v) is 22.9. The molecule has 2 heterocycles. The number of carbonyl (C=O) groups is 4. The molecule has 0 spiro atoms. The monoisotopic (exact) mass is 1050 g/mol. The summed E-state index contributed by atoms with van der Waals surface area (Å²) in [7, 11) is 0. The number of hydrogen-bond acceptors (Lipinski definition) is 15. The third kappa shape index (κ3) is 20.4. The van der Waals surface area contributed by atoms with Crippen LogP contribution in [0.3, 0.4) is 0 Å². The number of rotatable bonds is 29. The van der Waals surface area contributed by atoms with Gasteiger partial charge in [-0.1, -0.05) is 86.0 Å². The zero-order valence-electron chi connectivity index (χ0n) is 41.8. The Bertz CT molecular complexity index is 2620. The lowest BCUT2D eigenvalue weighted by molar-refractivity contribution is -0.385. The van der Waals surface area contributed by atoms with E-state index < -0.39 is 75.3 Å². The lowest BCUT2D eigenvalue weighted by Crippen LogP contribution is -2.48. The highest BCUT2D eigenvalue weighted by Gasteiger charge is 2.44. The summed E-state index contributed by atoms with van der Waals surface area (Å²) in [5.41, 5.74) is 5.48. The van der Waals surface area contributed by atoms with Crippen LogP contribution in [0.1, 0.15) is 82.8 Å². The molecule has 4 atom stereocenters. The molecule has 75 heavy (non-hydrogen) atoms. The van der Waals surface area contributed by atoms with Crippen LogP contribution in [0.15, 0.2) is 123 Å². The first kappa shape index (κ1) is 63.1. The van der Waals surface area contributed by atoms with E-state index in [4.69, 9.17) is 29.8 Å². The molecule has 19 nitrogen and oxygen atoms in total. The van der Waals surface area contributed by atoms with Gasteiger partial charge in [-0.3, -0.25) is 34.6 Å². The number of allylic oxidation sites excluding steroid dienone is 2. The first-order valence-electron chi connectivity index (χ1n) is 22.9. The summed E-state index contributed by atoms with van der Waals surface area (Å²) in [5.74, 6) is -11.7. The van der Waals surface area contributed by atoms with Gasteiger partial charge < -0.3 is 35.1 Å². The zero-order valence-corrected chi connectivity index (χ0v) is 41.8. The molecule has 23 heteroatoms. The van der Waals surface area contributed by atoms with Crippen molar-refractivity contribution in [3.05, 3.63) is 177 Å². The van der Waals surface area contributed by atoms with E-state index >= 15 is 0 Å². The summed E-state index contributed by atoms with van der Waals surface area (Å²) >= 11 is 0. The number of benzene rings is 2. The molecule has 0 aliphatic carbocycles. The summed E-state index contributed by atoms with van der Waals surface area (Å²) in [4.78, 5) is 76.9. The number of aromatic nitrogens is 2. The predicted octanol–water partition coefficient (Wildman–Crippen LogP) is 9.39. The lowest BCUT2D eigenvalue weighted by atomic mass is 10.1. The fourth-order valence-electron chi connectivity index (χ4n) is 6.17. The van der Waals surface area contributed by atoms with Crippen LogP contribution >= 0.6 is 0 Å². The van der Waals surface area contributed by atoms with Crippen molar-refractivity contribution in [1.29, 1.82) is 0 Å². The minimum Gasteiger partial charge on any atom is -0.479 e. The number of ketones is 2. The van der Waals surface area contributed by atoms with Gasteiger partial charge in [0.2, 0.25) is 35.5 Å². The smallest absolute Gasteiger partial charge is 0.339 e. The quantitative estimate of drug-likeness (QED) is 0.0150. The van der Waals surface area contributed by atoms with E-state index in [0.29, 0.717) is 35.1 Å². The molecule has 2 aromatic heterocycles. The number of nitrogens with zero attached hydrogens (tertiary/aromatic N) is 4. The molecule has 0 fully saturated rings. The van der Waals surface area contributed by atoms with Gasteiger partial charge in [0.25, 0.3) is 17.3 Å². The number of aryl methyl sites for hydroxylation is 2. The molecule has 0 radical (unpaired) electrons. The second-order valence-electron chi connectivity index (χ2n) is 16.3. The highest BCUT2D eigenvalue weighted by Crippen LogP contribution is 2.29. The number of carbonyl (C=O) groups excluding carboxylic acids is 3. The number of alkyl halides is 4. The van der Waals surface area contributed by atoms with E-state index in [2.05, 4.69) is 41.6 Å². The minimum absolute atomic E-state index is 0.0131. The van der Waals surface area contributed by atoms with Gasteiger partial charge in [0.15, 0.2) is 11.4 Å². The Morgan fingerprint density at radius 3 is 1.45 bits per heavy atom. The van der Waals surface area contributed by atoms with Gasteiger partial charge in [0.1, 0.15) is 0 Å². The maximum absolute atomic E-state index is 14.4. The fourth-order valence-corrected chi connectivity index (χ4v) is 6.17. The van der Waals surface area contributed by atoms with Crippen molar-refractivity contribution in [2.45, 2.75) is 103 Å². The number of hydrogen-bond donors (Lipinski definition) is 3. The fraction of sp³-hybridized carbons (Fsp3) is 0.346. The van der Waals surface area contributed by atoms with Crippen LogP contribution < -0.4 is 20.5 Å². The molecule has 4 aromatic rings. The van der Waals surface area contributed by atoms with Crippen molar-refractivity contribution in [3.63, 3.8) is 0 Å². The number of nitro groups is 2. The van der Waals surface area contributed by atoms with Crippen molar-refractivity contribution in [3.8, 4) is 11.8 Å². The van der Waals surface area contributed by atoms with Gasteiger partial charge >= 0.3 is 17.8 Å². The normalized spacial score (nSPS) is 12.5. The highest BCUT2D eigenvalue weighted by molar-refractivity contribution is 6.01. The molecule has 0 saturated heterocycles. The Balaban J connectivity index is 0.000000426. The van der Waals surface area contributed by atoms with Crippen LogP contribution in [-0.2, 0) is 32.3 Å². The molecule has 0 aliphatic rings. The molecule has 0 bridgehead atoms. The van der Waals surface area contributed by atoms with E-state index in [1.165, 1.54) is 13.0 Å². The number of amides is 1. The van der Waals surface area contributed by atoms with Crippen LogP contribution in [0.5, 0.6) is 11.8 Å². The number of carboxylic acid groups (broad SMARTS) is 1. The predicted molar refractivity (Wildman–Crippen MR) is 269 cm³/mol. The lowest BCUT2D eigenvalue weighted by Gasteiger charge is -2.23. The molecule has 2 aromatic carbocycles. The third-order valence-electron chi connectivity index (χ3n) is 10.2. The molecule has 4 N–H and O–H groups in total. The molecule has 404 valence electrons. The van der Waals surface area contributed by atoms with Crippen LogP contribution in [0.4, 0.5) is 28.9 Å². The maximum Gasteiger partial charge on any atom is 0.339 e. The van der Waals surface area contributed by atoms with Gasteiger partial charge in [-0.25, -0.2) is 14.8 Å². The van der Waals surface area contributed by atoms with E-state index in [0.717, 1.165) is 18.9 Å². The number of nitrogens with one attached hydrogen (secondary N) is 1. The molecule has 4 rings (SSSR count). The number of halogens is 4. The minimum atomic E-state index is -3.75. The summed E-state index contributed by atoms with van der Waals surface area (Å²) in [6.07, 6.45) is 1.84. The van der Waals surface area contributed by atoms with Crippen molar-refractivity contribution >= 4 is 34.8 Å². The Kier molecular flexibility index (Phi) is 26.0. The van der Waals surface area contributed by atoms with E-state index in [-0.39, 0.29) is 67.3 Å². The SMILES string of the molecule is C=CC(F)(F)C(OCc1ccccc1)C(=O)O.C=CCC[C@@H](C)Oc1nc(C(=O)CN)c([N+](=O)[O-])cc1C.C=CCC[C@@H](C)Oc1nc(C(=O)CNC(=O)C(OCc2ccccc2)C(F)(F)C=C)c([N+](=O)[O-])cc1C. The van der Waals surface area contributed by atoms with Crippen molar-refractivity contribution < 1.29 is 70.6 Å². The third-order valence-corrected chi connectivity index (χ3v) is 10.2. The molecule has 1 amide bonds. The van der Waals surface area contributed by atoms with E-state index in [1.54, 1.807) is 86.7 Å². The molecule has 0 aliphatic heterocycles. The Hall–Kier alpha value is -8.02. The number of pyridine rings is 2. The first-order chi connectivity index (χ1) is 35.4. The summed E-state index contributed by atoms with van der Waals surface area (Å²) in [6.45, 7) is 18.3. The highest BCUT2D eigenvalue weighted by atomic mass is 19.3. The molecular weight excluding hydrogens is 993 g/mol. The summed E-state index contributed by atoms with van der Waals surface area (Å²) in [5, 5.41) is 33.3. The summed E-state index contributed by atoms with van der Waals surface area (Å²) in [6, 6.07) is 19.3. The Labute approximate surface area is 430 Å². The van der Waals surface area contributed by atoms with E-state index in [9.17, 15) is 57.0 Å². The van der Waals surface area contributed by atoms with Crippen molar-refractivity contribution in [2.75, 3.05) is 13.1 Å². The van der Waals surface area contributed by atoms with Gasteiger partial charge in [-0.15, -0.1) is 13.2 Å². The van der Waals surface area contributed by atoms with Gasteiger partial charge in [-0.2, -0.15) is 17.6 Å². The summed E-state index contributed by atoms with van der Waals surface area (Å²) < 4.78 is 76.3. The average Bonchev–Trinajstić information content (AvgIpc) is 3.38. The van der Waals surface area contributed by atoms with Crippen LogP contribution in [0, 0.1) is 34.1 Å². The van der Waals surface area contributed by atoms with Gasteiger partial charge in [0, 0.05) is 23.3 Å². The van der Waals surface area contributed by atoms with Gasteiger partial charge in [-0.05, 0) is 76.7 Å². The number of Topliss-reactive ketones (excluding diaryl/α,β-unsaturated/α-hetero) is 2. The van der Waals surface area contributed by atoms with Crippen LogP contribution in [0.2, 0.25) is 0 Å². The Morgan fingerprint density at radius 2 is 1.09 bits per heavy atom. The largest absolute Gasteiger partial charge is 0.479 e. The average molecular weight is 1050 g/mol.